The molecule has 2 N–H and O–H groups in total. The van der Waals surface area contributed by atoms with E-state index >= 15 is 0 Å². The van der Waals surface area contributed by atoms with Crippen molar-refractivity contribution in [2.24, 2.45) is 0 Å². The minimum Gasteiger partial charge on any atom is -0.491 e. The summed E-state index contributed by atoms with van der Waals surface area (Å²) >= 11 is 0. The lowest BCUT2D eigenvalue weighted by Crippen LogP contribution is -2.38. The van der Waals surface area contributed by atoms with Crippen LogP contribution in [0.4, 0.5) is 8.78 Å². The Morgan fingerprint density at radius 2 is 1.96 bits per heavy atom. The van der Waals surface area contributed by atoms with E-state index in [-0.39, 0.29) is 17.2 Å². The van der Waals surface area contributed by atoms with Crippen molar-refractivity contribution in [1.29, 1.82) is 0 Å². The number of amides is 1. The lowest BCUT2D eigenvalue weighted by Gasteiger charge is -2.32. The molecule has 1 aliphatic heterocycles. The largest absolute Gasteiger partial charge is 0.491 e. The molecule has 1 amide bonds. The molecule has 28 heavy (non-hydrogen) atoms. The van der Waals surface area contributed by atoms with E-state index in [1.807, 2.05) is 6.07 Å². The Labute approximate surface area is 158 Å². The first-order valence-electron chi connectivity index (χ1n) is 8.87. The van der Waals surface area contributed by atoms with Gasteiger partial charge in [-0.05, 0) is 42.5 Å². The summed E-state index contributed by atoms with van der Waals surface area (Å²) in [5.74, 6) is -2.76. The van der Waals surface area contributed by atoms with Crippen molar-refractivity contribution >= 4 is 17.1 Å². The number of hydrogen-bond acceptors (Lipinski definition) is 4. The third-order valence-corrected chi connectivity index (χ3v) is 5.16. The third-order valence-electron chi connectivity index (χ3n) is 5.16. The summed E-state index contributed by atoms with van der Waals surface area (Å²) in [6, 6.07) is 4.02. The summed E-state index contributed by atoms with van der Waals surface area (Å²) in [4.78, 5) is 35.3. The standard InChI is InChI=1S/C19H18F2N4O3/c1-28-16-13(20)3-2-12(14(16)21)18(26)25-8-5-10(6-9-25)11-4-7-22-17-15(11)23-19(27)24-17/h2-4,7,10H,5-6,8-9H2,1H3,(H2,22,23,24,27). The van der Waals surface area contributed by atoms with Gasteiger partial charge in [0.2, 0.25) is 0 Å². The molecule has 4 rings (SSSR count). The number of methoxy groups -OCH3 is 1. The van der Waals surface area contributed by atoms with Crippen molar-refractivity contribution in [2.75, 3.05) is 20.2 Å². The lowest BCUT2D eigenvalue weighted by atomic mass is 9.89. The number of fused-ring (bicyclic) bond motifs is 1. The molecule has 1 saturated heterocycles. The van der Waals surface area contributed by atoms with Crippen LogP contribution < -0.4 is 10.4 Å². The number of imidazole rings is 1. The van der Waals surface area contributed by atoms with Gasteiger partial charge in [-0.1, -0.05) is 0 Å². The number of aromatic nitrogens is 3. The van der Waals surface area contributed by atoms with Crippen LogP contribution in [-0.2, 0) is 0 Å². The summed E-state index contributed by atoms with van der Waals surface area (Å²) in [5, 5.41) is 0. The Morgan fingerprint density at radius 3 is 2.68 bits per heavy atom. The molecule has 0 atom stereocenters. The minimum atomic E-state index is -0.990. The number of rotatable bonds is 3. The second-order valence-corrected chi connectivity index (χ2v) is 6.71. The van der Waals surface area contributed by atoms with Gasteiger partial charge < -0.3 is 14.6 Å². The molecule has 0 aliphatic carbocycles. The zero-order valence-corrected chi connectivity index (χ0v) is 15.1. The van der Waals surface area contributed by atoms with Gasteiger partial charge in [-0.3, -0.25) is 9.78 Å². The van der Waals surface area contributed by atoms with E-state index in [9.17, 15) is 18.4 Å². The van der Waals surface area contributed by atoms with Crippen LogP contribution in [0.5, 0.6) is 5.75 Å². The van der Waals surface area contributed by atoms with Crippen LogP contribution in [0.3, 0.4) is 0 Å². The predicted octanol–water partition coefficient (Wildman–Crippen LogP) is 2.56. The summed E-state index contributed by atoms with van der Waals surface area (Å²) in [6.07, 6.45) is 2.94. The van der Waals surface area contributed by atoms with Crippen LogP contribution in [0.1, 0.15) is 34.7 Å². The highest BCUT2D eigenvalue weighted by atomic mass is 19.1. The molecule has 0 saturated carbocycles. The molecular formula is C19H18F2N4O3. The Hall–Kier alpha value is -3.23. The second kappa shape index (κ2) is 7.06. The Morgan fingerprint density at radius 1 is 1.21 bits per heavy atom. The van der Waals surface area contributed by atoms with Gasteiger partial charge in [0.05, 0.1) is 18.2 Å². The van der Waals surface area contributed by atoms with Crippen molar-refractivity contribution in [2.45, 2.75) is 18.8 Å². The smallest absolute Gasteiger partial charge is 0.325 e. The first-order chi connectivity index (χ1) is 13.5. The lowest BCUT2D eigenvalue weighted by molar-refractivity contribution is 0.0707. The molecule has 2 aromatic heterocycles. The van der Waals surface area contributed by atoms with Crippen LogP contribution in [0, 0.1) is 11.6 Å². The Balaban J connectivity index is 1.53. The fourth-order valence-corrected chi connectivity index (χ4v) is 3.74. The highest BCUT2D eigenvalue weighted by Gasteiger charge is 2.29. The van der Waals surface area contributed by atoms with E-state index in [0.29, 0.717) is 37.1 Å². The van der Waals surface area contributed by atoms with E-state index in [1.165, 1.54) is 0 Å². The molecular weight excluding hydrogens is 370 g/mol. The van der Waals surface area contributed by atoms with Gasteiger partial charge in [-0.15, -0.1) is 0 Å². The molecule has 0 spiro atoms. The average Bonchev–Trinajstić information content (AvgIpc) is 3.08. The van der Waals surface area contributed by atoms with Gasteiger partial charge >= 0.3 is 5.69 Å². The van der Waals surface area contributed by atoms with Crippen molar-refractivity contribution in [1.82, 2.24) is 19.9 Å². The monoisotopic (exact) mass is 388 g/mol. The molecule has 0 unspecified atom stereocenters. The summed E-state index contributed by atoms with van der Waals surface area (Å²) < 4.78 is 32.7. The fraction of sp³-hybridized carbons (Fsp3) is 0.316. The van der Waals surface area contributed by atoms with E-state index in [2.05, 4.69) is 15.0 Å². The average molecular weight is 388 g/mol. The molecule has 1 aromatic carbocycles. The van der Waals surface area contributed by atoms with Gasteiger partial charge in [-0.25, -0.2) is 18.6 Å². The molecule has 0 bridgehead atoms. The van der Waals surface area contributed by atoms with Crippen molar-refractivity contribution in [3.63, 3.8) is 0 Å². The highest BCUT2D eigenvalue weighted by molar-refractivity contribution is 5.95. The number of hydrogen-bond donors (Lipinski definition) is 2. The van der Waals surface area contributed by atoms with Gasteiger partial charge in [0.1, 0.15) is 0 Å². The fourth-order valence-electron chi connectivity index (χ4n) is 3.74. The van der Waals surface area contributed by atoms with Crippen LogP contribution in [0.25, 0.3) is 11.2 Å². The number of nitrogens with zero attached hydrogens (tertiary/aromatic N) is 2. The number of ether oxygens (including phenoxy) is 1. The maximum atomic E-state index is 14.4. The Kier molecular flexibility index (Phi) is 4.58. The van der Waals surface area contributed by atoms with Gasteiger partial charge in [0, 0.05) is 19.3 Å². The number of halogens is 2. The number of likely N-dealkylation sites (tertiary alicyclic amines) is 1. The van der Waals surface area contributed by atoms with Gasteiger partial charge in [-0.2, -0.15) is 0 Å². The van der Waals surface area contributed by atoms with E-state index in [1.54, 1.807) is 11.1 Å². The first kappa shape index (κ1) is 18.1. The zero-order valence-electron chi connectivity index (χ0n) is 15.1. The summed E-state index contributed by atoms with van der Waals surface area (Å²) in [6.45, 7) is 0.836. The number of nitrogens with one attached hydrogen (secondary N) is 2. The number of carbonyl (C=O) groups excluding carboxylic acids is 1. The third kappa shape index (κ3) is 3.02. The molecule has 1 aliphatic rings. The topological polar surface area (TPSA) is 91.1 Å². The normalized spacial score (nSPS) is 15.2. The van der Waals surface area contributed by atoms with Crippen LogP contribution in [0.2, 0.25) is 0 Å². The van der Waals surface area contributed by atoms with Crippen molar-refractivity contribution in [3.8, 4) is 5.75 Å². The van der Waals surface area contributed by atoms with Gasteiger partial charge in [0.15, 0.2) is 23.0 Å². The molecule has 9 heteroatoms. The number of pyridine rings is 1. The van der Waals surface area contributed by atoms with E-state index in [0.717, 1.165) is 24.8 Å². The summed E-state index contributed by atoms with van der Waals surface area (Å²) in [7, 11) is 1.15. The number of benzene rings is 1. The van der Waals surface area contributed by atoms with Crippen LogP contribution in [-0.4, -0.2) is 46.0 Å². The molecule has 3 aromatic rings. The minimum absolute atomic E-state index is 0.133. The number of carbonyl (C=O) groups is 1. The van der Waals surface area contributed by atoms with Crippen LogP contribution in [0.15, 0.2) is 29.2 Å². The second-order valence-electron chi connectivity index (χ2n) is 6.71. The SMILES string of the molecule is COc1c(F)ccc(C(=O)N2CCC(c3ccnc4[nH]c(=O)[nH]c34)CC2)c1F. The van der Waals surface area contributed by atoms with Crippen LogP contribution >= 0.6 is 0 Å². The number of H-pyrrole nitrogens is 2. The molecule has 3 heterocycles. The molecule has 1 fully saturated rings. The predicted molar refractivity (Wildman–Crippen MR) is 97.5 cm³/mol. The Bertz CT molecular complexity index is 1100. The molecule has 0 radical (unpaired) electrons. The van der Waals surface area contributed by atoms with Gasteiger partial charge in [0.25, 0.3) is 5.91 Å². The van der Waals surface area contributed by atoms with E-state index < -0.39 is 23.3 Å². The van der Waals surface area contributed by atoms with E-state index in [4.69, 9.17) is 4.74 Å². The summed E-state index contributed by atoms with van der Waals surface area (Å²) in [5.41, 5.74) is 1.61. The quantitative estimate of drug-likeness (QED) is 0.722. The highest BCUT2D eigenvalue weighted by Crippen LogP contribution is 2.32. The maximum absolute atomic E-state index is 14.4. The van der Waals surface area contributed by atoms with Crippen molar-refractivity contribution < 1.29 is 18.3 Å². The number of piperidine rings is 1. The number of aromatic amines is 2. The molecule has 7 nitrogen and oxygen atoms in total. The zero-order chi connectivity index (χ0) is 19.8. The first-order valence-corrected chi connectivity index (χ1v) is 8.87. The maximum Gasteiger partial charge on any atom is 0.325 e. The molecule has 146 valence electrons. The van der Waals surface area contributed by atoms with Crippen molar-refractivity contribution in [3.05, 3.63) is 57.6 Å².